The Morgan fingerprint density at radius 3 is 2.52 bits per heavy atom. The van der Waals surface area contributed by atoms with Crippen molar-refractivity contribution >= 4 is 40.1 Å². The van der Waals surface area contributed by atoms with Crippen molar-refractivity contribution < 1.29 is 0 Å². The number of hydrogen-bond acceptors (Lipinski definition) is 4. The molecule has 0 N–H and O–H groups in total. The third-order valence-electron chi connectivity index (χ3n) is 3.34. The number of halogens is 1. The van der Waals surface area contributed by atoms with E-state index in [9.17, 15) is 0 Å². The van der Waals surface area contributed by atoms with Crippen molar-refractivity contribution in [1.82, 2.24) is 19.8 Å². The minimum absolute atomic E-state index is 0.635. The number of fused-ring (bicyclic) bond motifs is 1. The van der Waals surface area contributed by atoms with Gasteiger partial charge in [0.1, 0.15) is 5.01 Å². The number of hydrogen-bond donors (Lipinski definition) is 0. The summed E-state index contributed by atoms with van der Waals surface area (Å²) in [7, 11) is 0. The monoisotopic (exact) mass is 338 g/mol. The topological polar surface area (TPSA) is 43.1 Å². The maximum atomic E-state index is 6.24. The van der Waals surface area contributed by atoms with Crippen molar-refractivity contribution in [3.8, 4) is 11.4 Å². The Bertz CT molecular complexity index is 988. The second kappa shape index (κ2) is 5.95. The fourth-order valence-corrected chi connectivity index (χ4v) is 3.20. The molecule has 2 aromatic carbocycles. The van der Waals surface area contributed by atoms with Gasteiger partial charge in [-0.3, -0.25) is 0 Å². The quantitative estimate of drug-likeness (QED) is 0.545. The fraction of sp³-hybridized carbons (Fsp3) is 0. The van der Waals surface area contributed by atoms with Crippen LogP contribution < -0.4 is 0 Å². The molecule has 0 atom stereocenters. The smallest absolute Gasteiger partial charge is 0.182 e. The van der Waals surface area contributed by atoms with E-state index in [1.165, 1.54) is 11.3 Å². The second-order valence-corrected chi connectivity index (χ2v) is 6.28. The molecule has 23 heavy (non-hydrogen) atoms. The molecule has 4 aromatic rings. The Balaban J connectivity index is 1.73. The molecule has 0 bridgehead atoms. The summed E-state index contributed by atoms with van der Waals surface area (Å²) >= 11 is 7.73. The lowest BCUT2D eigenvalue weighted by molar-refractivity contribution is 0.960. The van der Waals surface area contributed by atoms with Crippen molar-refractivity contribution in [3.05, 3.63) is 70.2 Å². The van der Waals surface area contributed by atoms with E-state index in [2.05, 4.69) is 15.3 Å². The van der Waals surface area contributed by atoms with Crippen LogP contribution in [0.1, 0.15) is 10.6 Å². The minimum Gasteiger partial charge on any atom is -0.182 e. The standard InChI is InChI=1S/C17H11ClN4S/c18-14-9-5-4-8-13(14)16-19-20-17-22(16)21-15(23-17)11-10-12-6-2-1-3-7-12/h1-11H/b11-10+. The Morgan fingerprint density at radius 2 is 1.70 bits per heavy atom. The highest BCUT2D eigenvalue weighted by Crippen LogP contribution is 2.28. The molecule has 0 fully saturated rings. The van der Waals surface area contributed by atoms with Gasteiger partial charge in [0.15, 0.2) is 5.82 Å². The molecule has 2 aromatic heterocycles. The summed E-state index contributed by atoms with van der Waals surface area (Å²) in [5.41, 5.74) is 1.95. The van der Waals surface area contributed by atoms with Gasteiger partial charge in [-0.2, -0.15) is 9.61 Å². The zero-order valence-electron chi connectivity index (χ0n) is 11.9. The van der Waals surface area contributed by atoms with Gasteiger partial charge < -0.3 is 0 Å². The van der Waals surface area contributed by atoms with Crippen LogP contribution in [-0.2, 0) is 0 Å². The molecule has 0 saturated heterocycles. The highest BCUT2D eigenvalue weighted by molar-refractivity contribution is 7.17. The van der Waals surface area contributed by atoms with Crippen molar-refractivity contribution in [1.29, 1.82) is 0 Å². The number of rotatable bonds is 3. The zero-order chi connectivity index (χ0) is 15.6. The van der Waals surface area contributed by atoms with E-state index >= 15 is 0 Å². The summed E-state index contributed by atoms with van der Waals surface area (Å²) in [6, 6.07) is 17.7. The number of nitrogens with zero attached hydrogens (tertiary/aromatic N) is 4. The SMILES string of the molecule is Clc1ccccc1-c1nnc2sc(/C=C/c3ccccc3)nn12. The largest absolute Gasteiger partial charge is 0.235 e. The molecular weight excluding hydrogens is 328 g/mol. The van der Waals surface area contributed by atoms with Gasteiger partial charge in [0.05, 0.1) is 5.02 Å². The molecule has 6 heteroatoms. The Kier molecular flexibility index (Phi) is 3.65. The maximum Gasteiger partial charge on any atom is 0.235 e. The molecule has 0 amide bonds. The average molecular weight is 339 g/mol. The van der Waals surface area contributed by atoms with E-state index in [0.717, 1.165) is 21.1 Å². The summed E-state index contributed by atoms with van der Waals surface area (Å²) in [6.45, 7) is 0. The highest BCUT2D eigenvalue weighted by Gasteiger charge is 2.14. The van der Waals surface area contributed by atoms with Gasteiger partial charge in [-0.15, -0.1) is 10.2 Å². The summed E-state index contributed by atoms with van der Waals surface area (Å²) in [4.78, 5) is 0.743. The molecular formula is C17H11ClN4S. The van der Waals surface area contributed by atoms with Gasteiger partial charge in [0.2, 0.25) is 4.96 Å². The predicted molar refractivity (Wildman–Crippen MR) is 94.5 cm³/mol. The first-order chi connectivity index (χ1) is 11.3. The summed E-state index contributed by atoms with van der Waals surface area (Å²) in [6.07, 6.45) is 4.01. The fourth-order valence-electron chi connectivity index (χ4n) is 2.24. The van der Waals surface area contributed by atoms with E-state index in [0.29, 0.717) is 10.8 Å². The van der Waals surface area contributed by atoms with Gasteiger partial charge in [0.25, 0.3) is 0 Å². The molecule has 0 unspecified atom stereocenters. The van der Waals surface area contributed by atoms with Gasteiger partial charge in [-0.1, -0.05) is 71.5 Å². The first kappa shape index (κ1) is 14.1. The normalized spacial score (nSPS) is 11.5. The van der Waals surface area contributed by atoms with E-state index in [-0.39, 0.29) is 0 Å². The molecule has 0 aliphatic heterocycles. The first-order valence-electron chi connectivity index (χ1n) is 7.01. The highest BCUT2D eigenvalue weighted by atomic mass is 35.5. The van der Waals surface area contributed by atoms with Crippen LogP contribution in [0.25, 0.3) is 28.5 Å². The van der Waals surface area contributed by atoms with Crippen LogP contribution in [0.3, 0.4) is 0 Å². The van der Waals surface area contributed by atoms with E-state index in [1.807, 2.05) is 66.7 Å². The average Bonchev–Trinajstić information content (AvgIpc) is 3.15. The van der Waals surface area contributed by atoms with Crippen LogP contribution in [0.15, 0.2) is 54.6 Å². The van der Waals surface area contributed by atoms with Gasteiger partial charge in [-0.05, 0) is 23.8 Å². The van der Waals surface area contributed by atoms with Crippen LogP contribution in [0.5, 0.6) is 0 Å². The van der Waals surface area contributed by atoms with E-state index in [4.69, 9.17) is 11.6 Å². The van der Waals surface area contributed by atoms with Crippen molar-refractivity contribution in [2.45, 2.75) is 0 Å². The lowest BCUT2D eigenvalue weighted by Gasteiger charge is -1.98. The van der Waals surface area contributed by atoms with E-state index < -0.39 is 0 Å². The molecule has 0 saturated carbocycles. The van der Waals surface area contributed by atoms with Crippen molar-refractivity contribution in [2.75, 3.05) is 0 Å². The summed E-state index contributed by atoms with van der Waals surface area (Å²) in [5, 5.41) is 14.5. The number of aromatic nitrogens is 4. The van der Waals surface area contributed by atoms with Crippen molar-refractivity contribution in [3.63, 3.8) is 0 Å². The first-order valence-corrected chi connectivity index (χ1v) is 8.21. The summed E-state index contributed by atoms with van der Waals surface area (Å²) in [5.74, 6) is 0.654. The third kappa shape index (κ3) is 2.76. The van der Waals surface area contributed by atoms with Crippen LogP contribution in [0, 0.1) is 0 Å². The molecule has 0 spiro atoms. The van der Waals surface area contributed by atoms with Gasteiger partial charge in [-0.25, -0.2) is 0 Å². The van der Waals surface area contributed by atoms with Crippen LogP contribution in [0.2, 0.25) is 5.02 Å². The molecule has 0 aliphatic rings. The predicted octanol–water partition coefficient (Wildman–Crippen LogP) is 4.68. The molecule has 0 radical (unpaired) electrons. The van der Waals surface area contributed by atoms with Crippen molar-refractivity contribution in [2.24, 2.45) is 0 Å². The molecule has 0 aliphatic carbocycles. The lowest BCUT2D eigenvalue weighted by Crippen LogP contribution is -1.91. The third-order valence-corrected chi connectivity index (χ3v) is 4.53. The zero-order valence-corrected chi connectivity index (χ0v) is 13.5. The minimum atomic E-state index is 0.635. The van der Waals surface area contributed by atoms with Gasteiger partial charge in [0, 0.05) is 5.56 Å². The molecule has 4 rings (SSSR count). The van der Waals surface area contributed by atoms with Gasteiger partial charge >= 0.3 is 0 Å². The lowest BCUT2D eigenvalue weighted by atomic mass is 10.2. The Hall–Kier alpha value is -2.50. The molecule has 4 nitrogen and oxygen atoms in total. The Morgan fingerprint density at radius 1 is 0.913 bits per heavy atom. The van der Waals surface area contributed by atoms with E-state index in [1.54, 1.807) is 4.52 Å². The maximum absolute atomic E-state index is 6.24. The van der Waals surface area contributed by atoms with Crippen LogP contribution >= 0.6 is 22.9 Å². The molecule has 112 valence electrons. The number of benzene rings is 2. The summed E-state index contributed by atoms with van der Waals surface area (Å²) < 4.78 is 1.73. The Labute approximate surface area is 141 Å². The second-order valence-electron chi connectivity index (χ2n) is 4.88. The molecule has 2 heterocycles. The van der Waals surface area contributed by atoms with Crippen LogP contribution in [0.4, 0.5) is 0 Å². The van der Waals surface area contributed by atoms with Crippen LogP contribution in [-0.4, -0.2) is 19.8 Å².